The van der Waals surface area contributed by atoms with E-state index < -0.39 is 10.0 Å². The van der Waals surface area contributed by atoms with Gasteiger partial charge in [0.1, 0.15) is 6.07 Å². The molecule has 0 unspecified atom stereocenters. The van der Waals surface area contributed by atoms with E-state index in [0.717, 1.165) is 5.56 Å². The van der Waals surface area contributed by atoms with Crippen LogP contribution in [-0.2, 0) is 15.8 Å². The maximum atomic E-state index is 12.2. The molecule has 3 N–H and O–H groups in total. The standard InChI is InChI=1S/C15H15N3O2S/c1-11-5-4-8-15(13(11)9-16)18-21(19,20)10-12-6-2-3-7-14(12)17/h2-8,18H,10,17H2,1H3. The molecule has 6 heteroatoms. The predicted molar refractivity (Wildman–Crippen MR) is 83.0 cm³/mol. The Balaban J connectivity index is 2.29. The Morgan fingerprint density at radius 2 is 1.90 bits per heavy atom. The first-order chi connectivity index (χ1) is 9.93. The summed E-state index contributed by atoms with van der Waals surface area (Å²) < 4.78 is 26.9. The van der Waals surface area contributed by atoms with Crippen molar-refractivity contribution in [2.45, 2.75) is 12.7 Å². The summed E-state index contributed by atoms with van der Waals surface area (Å²) in [5.74, 6) is -0.238. The number of nitriles is 1. The summed E-state index contributed by atoms with van der Waals surface area (Å²) in [6.45, 7) is 1.76. The first kappa shape index (κ1) is 14.9. The van der Waals surface area contributed by atoms with Crippen molar-refractivity contribution in [3.63, 3.8) is 0 Å². The summed E-state index contributed by atoms with van der Waals surface area (Å²) in [5, 5.41) is 9.13. The van der Waals surface area contributed by atoms with Gasteiger partial charge in [0.2, 0.25) is 10.0 Å². The monoisotopic (exact) mass is 301 g/mol. The molecule has 0 atom stereocenters. The number of nitrogens with zero attached hydrogens (tertiary/aromatic N) is 1. The molecule has 0 saturated carbocycles. The topological polar surface area (TPSA) is 96.0 Å². The molecule has 0 aromatic heterocycles. The van der Waals surface area contributed by atoms with Gasteiger partial charge in [-0.05, 0) is 30.2 Å². The second-order valence-corrected chi connectivity index (χ2v) is 6.39. The van der Waals surface area contributed by atoms with E-state index in [1.54, 1.807) is 49.4 Å². The smallest absolute Gasteiger partial charge is 0.237 e. The molecule has 2 aromatic rings. The number of para-hydroxylation sites is 1. The van der Waals surface area contributed by atoms with Crippen LogP contribution in [0.5, 0.6) is 0 Å². The van der Waals surface area contributed by atoms with E-state index in [-0.39, 0.29) is 11.4 Å². The largest absolute Gasteiger partial charge is 0.398 e. The average Bonchev–Trinajstić information content (AvgIpc) is 2.41. The molecule has 5 nitrogen and oxygen atoms in total. The van der Waals surface area contributed by atoms with Gasteiger partial charge >= 0.3 is 0 Å². The fourth-order valence-corrected chi connectivity index (χ4v) is 3.22. The molecule has 0 aliphatic carbocycles. The van der Waals surface area contributed by atoms with E-state index in [2.05, 4.69) is 4.72 Å². The van der Waals surface area contributed by atoms with Gasteiger partial charge in [-0.1, -0.05) is 30.3 Å². The summed E-state index contributed by atoms with van der Waals surface area (Å²) in [4.78, 5) is 0. The van der Waals surface area contributed by atoms with E-state index in [4.69, 9.17) is 11.0 Å². The summed E-state index contributed by atoms with van der Waals surface area (Å²) in [7, 11) is -3.64. The number of anilines is 2. The van der Waals surface area contributed by atoms with Gasteiger partial charge < -0.3 is 5.73 Å². The third kappa shape index (κ3) is 3.52. The molecule has 108 valence electrons. The van der Waals surface area contributed by atoms with Crippen molar-refractivity contribution in [2.24, 2.45) is 0 Å². The van der Waals surface area contributed by atoms with Gasteiger partial charge in [-0.3, -0.25) is 4.72 Å². The number of nitrogens with one attached hydrogen (secondary N) is 1. The van der Waals surface area contributed by atoms with E-state index >= 15 is 0 Å². The fourth-order valence-electron chi connectivity index (χ4n) is 1.98. The van der Waals surface area contributed by atoms with Crippen molar-refractivity contribution in [2.75, 3.05) is 10.5 Å². The van der Waals surface area contributed by atoms with Crippen LogP contribution in [0.4, 0.5) is 11.4 Å². The normalized spacial score (nSPS) is 10.9. The van der Waals surface area contributed by atoms with Crippen molar-refractivity contribution in [1.29, 1.82) is 5.26 Å². The highest BCUT2D eigenvalue weighted by Gasteiger charge is 2.16. The highest BCUT2D eigenvalue weighted by molar-refractivity contribution is 7.91. The zero-order valence-electron chi connectivity index (χ0n) is 11.5. The van der Waals surface area contributed by atoms with Crippen molar-refractivity contribution in [3.8, 4) is 6.07 Å². The lowest BCUT2D eigenvalue weighted by Gasteiger charge is -2.11. The molecule has 0 saturated heterocycles. The van der Waals surface area contributed by atoms with Crippen LogP contribution in [-0.4, -0.2) is 8.42 Å². The number of rotatable bonds is 4. The zero-order valence-corrected chi connectivity index (χ0v) is 12.3. The molecule has 2 rings (SSSR count). The minimum Gasteiger partial charge on any atom is -0.398 e. The number of aryl methyl sites for hydroxylation is 1. The Hall–Kier alpha value is -2.52. The number of hydrogen-bond donors (Lipinski definition) is 2. The maximum absolute atomic E-state index is 12.2. The van der Waals surface area contributed by atoms with Gasteiger partial charge in [-0.2, -0.15) is 5.26 Å². The van der Waals surface area contributed by atoms with E-state index in [9.17, 15) is 8.42 Å². The van der Waals surface area contributed by atoms with E-state index in [0.29, 0.717) is 16.8 Å². The van der Waals surface area contributed by atoms with Crippen molar-refractivity contribution in [1.82, 2.24) is 0 Å². The van der Waals surface area contributed by atoms with Crippen LogP contribution in [0.3, 0.4) is 0 Å². The second-order valence-electron chi connectivity index (χ2n) is 4.67. The van der Waals surface area contributed by atoms with Crippen molar-refractivity contribution in [3.05, 3.63) is 59.2 Å². The summed E-state index contributed by atoms with van der Waals surface area (Å²) >= 11 is 0. The number of hydrogen-bond acceptors (Lipinski definition) is 4. The highest BCUT2D eigenvalue weighted by atomic mass is 32.2. The quantitative estimate of drug-likeness (QED) is 0.847. The number of nitrogen functional groups attached to an aromatic ring is 1. The molecule has 0 fully saturated rings. The SMILES string of the molecule is Cc1cccc(NS(=O)(=O)Cc2ccccc2N)c1C#N. The third-order valence-electron chi connectivity index (χ3n) is 3.05. The molecule has 0 amide bonds. The molecule has 0 heterocycles. The molecule has 0 bridgehead atoms. The van der Waals surface area contributed by atoms with Crippen LogP contribution in [0.2, 0.25) is 0 Å². The van der Waals surface area contributed by atoms with Crippen LogP contribution < -0.4 is 10.5 Å². The van der Waals surface area contributed by atoms with Gasteiger partial charge in [0.15, 0.2) is 0 Å². The zero-order chi connectivity index (χ0) is 15.5. The molecule has 2 aromatic carbocycles. The first-order valence-electron chi connectivity index (χ1n) is 6.26. The summed E-state index contributed by atoms with van der Waals surface area (Å²) in [5.41, 5.74) is 8.03. The van der Waals surface area contributed by atoms with Gasteiger partial charge in [0.25, 0.3) is 0 Å². The van der Waals surface area contributed by atoms with Crippen LogP contribution >= 0.6 is 0 Å². The third-order valence-corrected chi connectivity index (χ3v) is 4.27. The first-order valence-corrected chi connectivity index (χ1v) is 7.92. The summed E-state index contributed by atoms with van der Waals surface area (Å²) in [6.07, 6.45) is 0. The van der Waals surface area contributed by atoms with Crippen molar-refractivity contribution >= 4 is 21.4 Å². The highest BCUT2D eigenvalue weighted by Crippen LogP contribution is 2.21. The van der Waals surface area contributed by atoms with Crippen LogP contribution in [0, 0.1) is 18.3 Å². The number of sulfonamides is 1. The van der Waals surface area contributed by atoms with Gasteiger partial charge in [-0.25, -0.2) is 8.42 Å². The summed E-state index contributed by atoms with van der Waals surface area (Å²) in [6, 6.07) is 13.8. The maximum Gasteiger partial charge on any atom is 0.237 e. The van der Waals surface area contributed by atoms with E-state index in [1.165, 1.54) is 0 Å². The molecule has 21 heavy (non-hydrogen) atoms. The molecule has 0 radical (unpaired) electrons. The fraction of sp³-hybridized carbons (Fsp3) is 0.133. The molecule has 0 aliphatic rings. The lowest BCUT2D eigenvalue weighted by Crippen LogP contribution is -2.16. The van der Waals surface area contributed by atoms with Crippen LogP contribution in [0.15, 0.2) is 42.5 Å². The Bertz CT molecular complexity index is 808. The average molecular weight is 301 g/mol. The molecule has 0 aliphatic heterocycles. The number of nitrogens with two attached hydrogens (primary N) is 1. The Morgan fingerprint density at radius 3 is 2.57 bits per heavy atom. The molecular formula is C15H15N3O2S. The lowest BCUT2D eigenvalue weighted by molar-refractivity contribution is 0.600. The molecular weight excluding hydrogens is 286 g/mol. The molecule has 0 spiro atoms. The van der Waals surface area contributed by atoms with Crippen LogP contribution in [0.25, 0.3) is 0 Å². The second kappa shape index (κ2) is 5.85. The Labute approximate surface area is 124 Å². The Morgan fingerprint density at radius 1 is 1.19 bits per heavy atom. The van der Waals surface area contributed by atoms with Crippen LogP contribution in [0.1, 0.15) is 16.7 Å². The number of benzene rings is 2. The van der Waals surface area contributed by atoms with E-state index in [1.807, 2.05) is 6.07 Å². The van der Waals surface area contributed by atoms with Gasteiger partial charge in [-0.15, -0.1) is 0 Å². The lowest BCUT2D eigenvalue weighted by atomic mass is 10.1. The van der Waals surface area contributed by atoms with Gasteiger partial charge in [0, 0.05) is 5.69 Å². The predicted octanol–water partition coefficient (Wildman–Crippen LogP) is 2.39. The minimum absolute atomic E-state index is 0.238. The van der Waals surface area contributed by atoms with Gasteiger partial charge in [0.05, 0.1) is 17.0 Å². The Kier molecular flexibility index (Phi) is 4.15. The minimum atomic E-state index is -3.64. The van der Waals surface area contributed by atoms with Crippen molar-refractivity contribution < 1.29 is 8.42 Å².